The zero-order valence-corrected chi connectivity index (χ0v) is 32.1. The molecule has 0 radical (unpaired) electrons. The number of hydrogen-bond donors (Lipinski definition) is 0. The Bertz CT molecular complexity index is 2410. The second-order valence-corrected chi connectivity index (χ2v) is 15.4. The summed E-state index contributed by atoms with van der Waals surface area (Å²) < 4.78 is 2.24. The normalized spacial score (nSPS) is 12.6. The van der Waals surface area contributed by atoms with E-state index in [4.69, 9.17) is 0 Å². The van der Waals surface area contributed by atoms with Crippen LogP contribution in [0, 0.1) is 0 Å². The Hall–Kier alpha value is -5.48. The van der Waals surface area contributed by atoms with E-state index in [1.165, 1.54) is 61.3 Å². The van der Waals surface area contributed by atoms with Crippen LogP contribution in [0.3, 0.4) is 0 Å². The van der Waals surface area contributed by atoms with Gasteiger partial charge in [-0.2, -0.15) is 0 Å². The molecule has 254 valence electrons. The molecule has 0 unspecified atom stereocenters. The van der Waals surface area contributed by atoms with E-state index in [0.29, 0.717) is 0 Å². The molecule has 0 fully saturated rings. The van der Waals surface area contributed by atoms with Gasteiger partial charge < -0.3 is 4.90 Å². The van der Waals surface area contributed by atoms with Crippen molar-refractivity contribution in [2.75, 3.05) is 4.90 Å². The smallest absolute Gasteiger partial charge is 0.0726 e. The molecule has 0 amide bonds. The summed E-state index contributed by atoms with van der Waals surface area (Å²) in [6.07, 6.45) is 0.956. The van der Waals surface area contributed by atoms with Gasteiger partial charge in [0, 0.05) is 26.0 Å². The third-order valence-corrected chi connectivity index (χ3v) is 11.5. The Morgan fingerprint density at radius 3 is 1.21 bits per heavy atom. The summed E-state index contributed by atoms with van der Waals surface area (Å²) in [4.78, 5) is 2.28. The van der Waals surface area contributed by atoms with E-state index in [-0.39, 0.29) is 5.41 Å². The highest BCUT2D eigenvalue weighted by Crippen LogP contribution is 2.63. The highest BCUT2D eigenvalue weighted by molar-refractivity contribution is 9.10. The molecular weight excluding hydrogens is 774 g/mol. The van der Waals surface area contributed by atoms with Gasteiger partial charge in [-0.05, 0) is 123 Å². The lowest BCUT2D eigenvalue weighted by molar-refractivity contribution is 0.792. The van der Waals surface area contributed by atoms with Gasteiger partial charge in [-0.3, -0.25) is 0 Å². The van der Waals surface area contributed by atoms with Crippen molar-refractivity contribution in [3.8, 4) is 22.3 Å². The minimum absolute atomic E-state index is 0.259. The van der Waals surface area contributed by atoms with Gasteiger partial charge in [0.2, 0.25) is 0 Å². The van der Waals surface area contributed by atoms with Crippen LogP contribution in [-0.2, 0) is 11.8 Å². The summed E-state index contributed by atoms with van der Waals surface area (Å²) in [6.45, 7) is 0. The van der Waals surface area contributed by atoms with Crippen molar-refractivity contribution in [2.24, 2.45) is 0 Å². The quantitative estimate of drug-likeness (QED) is 0.167. The van der Waals surface area contributed by atoms with Gasteiger partial charge in [-0.15, -0.1) is 0 Å². The zero-order chi connectivity index (χ0) is 35.8. The molecule has 0 N–H and O–H groups in total. The van der Waals surface area contributed by atoms with Crippen LogP contribution in [0.5, 0.6) is 0 Å². The van der Waals surface area contributed by atoms with Gasteiger partial charge in [-0.25, -0.2) is 0 Å². The lowest BCUT2D eigenvalue weighted by Gasteiger charge is -2.30. The van der Waals surface area contributed by atoms with Crippen LogP contribution in [0.2, 0.25) is 0 Å². The Labute approximate surface area is 328 Å². The molecule has 0 heterocycles. The number of nitrogens with zero attached hydrogens (tertiary/aromatic N) is 1. The fourth-order valence-electron chi connectivity index (χ4n) is 8.28. The number of halogens is 2. The van der Waals surface area contributed by atoms with Crippen LogP contribution >= 0.6 is 31.9 Å². The van der Waals surface area contributed by atoms with Crippen LogP contribution in [-0.4, -0.2) is 0 Å². The summed E-state index contributed by atoms with van der Waals surface area (Å²) in [6, 6.07) is 71.6. The van der Waals surface area contributed by atoms with Crippen molar-refractivity contribution < 1.29 is 0 Å². The lowest BCUT2D eigenvalue weighted by Crippen LogP contribution is -2.25. The Balaban J connectivity index is 0.000000141. The SMILES string of the molecule is Brc1ccc2c(c1)C1(c3ccccc3-c3ccccc31)c1cc(Br)ccc1-2.c1ccc(Cc2ccc(N(c3ccccc3)c3ccccc3)cc2)cc1. The summed E-state index contributed by atoms with van der Waals surface area (Å²) in [7, 11) is 0. The second-order valence-electron chi connectivity index (χ2n) is 13.6. The molecule has 1 spiro atoms. The van der Waals surface area contributed by atoms with Crippen molar-refractivity contribution in [1.29, 1.82) is 0 Å². The molecular formula is C50H35Br2N. The summed E-state index contributed by atoms with van der Waals surface area (Å²) in [5.41, 5.74) is 16.7. The van der Waals surface area contributed by atoms with Gasteiger partial charge in [0.05, 0.1) is 5.41 Å². The molecule has 2 aliphatic carbocycles. The maximum atomic E-state index is 3.73. The minimum atomic E-state index is -0.259. The monoisotopic (exact) mass is 807 g/mol. The van der Waals surface area contributed by atoms with E-state index in [0.717, 1.165) is 26.7 Å². The lowest BCUT2D eigenvalue weighted by atomic mass is 9.70. The molecule has 10 rings (SSSR count). The topological polar surface area (TPSA) is 3.24 Å². The Morgan fingerprint density at radius 2 is 0.717 bits per heavy atom. The van der Waals surface area contributed by atoms with Crippen LogP contribution in [0.15, 0.2) is 209 Å². The van der Waals surface area contributed by atoms with Crippen molar-refractivity contribution in [3.63, 3.8) is 0 Å². The maximum absolute atomic E-state index is 3.73. The van der Waals surface area contributed by atoms with Crippen LogP contribution in [0.1, 0.15) is 33.4 Å². The molecule has 0 saturated carbocycles. The fourth-order valence-corrected chi connectivity index (χ4v) is 9.00. The van der Waals surface area contributed by atoms with Gasteiger partial charge >= 0.3 is 0 Å². The summed E-state index contributed by atoms with van der Waals surface area (Å²) in [5.74, 6) is 0. The first kappa shape index (κ1) is 33.4. The Morgan fingerprint density at radius 1 is 0.340 bits per heavy atom. The van der Waals surface area contributed by atoms with Gasteiger partial charge in [0.15, 0.2) is 0 Å². The zero-order valence-electron chi connectivity index (χ0n) is 29.0. The van der Waals surface area contributed by atoms with E-state index in [1.807, 2.05) is 0 Å². The number of benzene rings is 8. The highest BCUT2D eigenvalue weighted by Gasteiger charge is 2.51. The van der Waals surface area contributed by atoms with Crippen LogP contribution < -0.4 is 4.90 Å². The minimum Gasteiger partial charge on any atom is -0.311 e. The third-order valence-electron chi connectivity index (χ3n) is 10.5. The summed E-state index contributed by atoms with van der Waals surface area (Å²) in [5, 5.41) is 0. The molecule has 1 nitrogen and oxygen atoms in total. The molecule has 2 aliphatic rings. The maximum Gasteiger partial charge on any atom is 0.0726 e. The number of rotatable bonds is 5. The first-order valence-corrected chi connectivity index (χ1v) is 19.5. The van der Waals surface area contributed by atoms with Crippen molar-refractivity contribution in [3.05, 3.63) is 243 Å². The average Bonchev–Trinajstić information content (AvgIpc) is 3.66. The van der Waals surface area contributed by atoms with E-state index in [9.17, 15) is 0 Å². The molecule has 0 bridgehead atoms. The number of anilines is 3. The van der Waals surface area contributed by atoms with Crippen molar-refractivity contribution in [1.82, 2.24) is 0 Å². The second kappa shape index (κ2) is 14.2. The predicted molar refractivity (Wildman–Crippen MR) is 229 cm³/mol. The predicted octanol–water partition coefficient (Wildman–Crippen LogP) is 14.3. The number of fused-ring (bicyclic) bond motifs is 10. The van der Waals surface area contributed by atoms with E-state index < -0.39 is 0 Å². The fraction of sp³-hybridized carbons (Fsp3) is 0.0400. The molecule has 3 heteroatoms. The average molecular weight is 810 g/mol. The van der Waals surface area contributed by atoms with Crippen molar-refractivity contribution in [2.45, 2.75) is 11.8 Å². The molecule has 0 aliphatic heterocycles. The van der Waals surface area contributed by atoms with Crippen LogP contribution in [0.4, 0.5) is 17.1 Å². The van der Waals surface area contributed by atoms with Crippen molar-refractivity contribution >= 4 is 48.9 Å². The van der Waals surface area contributed by atoms with Gasteiger partial charge in [-0.1, -0.05) is 171 Å². The molecule has 0 aromatic heterocycles. The molecule has 8 aromatic carbocycles. The highest BCUT2D eigenvalue weighted by atomic mass is 79.9. The summed E-state index contributed by atoms with van der Waals surface area (Å²) >= 11 is 7.45. The first-order chi connectivity index (χ1) is 26.1. The van der Waals surface area contributed by atoms with E-state index >= 15 is 0 Å². The molecule has 8 aromatic rings. The standard InChI is InChI=1S/C25H14Br2.C25H21N/c26-15-9-11-19-20-12-10-16(27)14-24(20)25(23(19)13-15)21-7-3-1-5-17(21)18-6-2-4-8-22(18)25;1-4-10-21(11-5-1)20-22-16-18-25(19-17-22)26(23-12-6-2-7-13-23)24-14-8-3-9-15-24/h1-14H;1-19H,20H2. The van der Waals surface area contributed by atoms with E-state index in [1.54, 1.807) is 0 Å². The van der Waals surface area contributed by atoms with Gasteiger partial charge in [0.1, 0.15) is 0 Å². The third kappa shape index (κ3) is 5.95. The largest absolute Gasteiger partial charge is 0.311 e. The Kier molecular flexibility index (Phi) is 8.91. The molecule has 0 saturated heterocycles. The number of hydrogen-bond acceptors (Lipinski definition) is 1. The first-order valence-electron chi connectivity index (χ1n) is 17.9. The van der Waals surface area contributed by atoms with Gasteiger partial charge in [0.25, 0.3) is 0 Å². The molecule has 0 atom stereocenters. The molecule has 53 heavy (non-hydrogen) atoms. The van der Waals surface area contributed by atoms with Crippen LogP contribution in [0.25, 0.3) is 22.3 Å². The van der Waals surface area contributed by atoms with E-state index in [2.05, 4.69) is 237 Å². The number of para-hydroxylation sites is 2.